The zero-order chi connectivity index (χ0) is 25.8. The second-order valence-corrected chi connectivity index (χ2v) is 8.73. The lowest BCUT2D eigenvalue weighted by Gasteiger charge is -2.11. The molecule has 0 aliphatic carbocycles. The summed E-state index contributed by atoms with van der Waals surface area (Å²) in [6.07, 6.45) is 1.69. The zero-order valence-corrected chi connectivity index (χ0v) is 20.3. The van der Waals surface area contributed by atoms with E-state index in [2.05, 4.69) is 15.6 Å². The highest BCUT2D eigenvalue weighted by Gasteiger charge is 2.12. The minimum absolute atomic E-state index is 0.0221. The largest absolute Gasteiger partial charge is 0.397 e. The Balaban J connectivity index is 1.29. The topological polar surface area (TPSA) is 103 Å². The Morgan fingerprint density at radius 1 is 0.811 bits per heavy atom. The summed E-state index contributed by atoms with van der Waals surface area (Å²) in [6.45, 7) is 2.03. The maximum atomic E-state index is 12.9. The average molecular weight is 488 g/mol. The van der Waals surface area contributed by atoms with Gasteiger partial charge in [-0.25, -0.2) is 4.68 Å². The van der Waals surface area contributed by atoms with Gasteiger partial charge in [0.15, 0.2) is 5.78 Å². The van der Waals surface area contributed by atoms with Crippen molar-refractivity contribution in [3.63, 3.8) is 0 Å². The quantitative estimate of drug-likeness (QED) is 0.227. The fourth-order valence-electron chi connectivity index (χ4n) is 4.08. The number of nitrogens with one attached hydrogen (secondary N) is 1. The van der Waals surface area contributed by atoms with Gasteiger partial charge in [-0.3, -0.25) is 9.59 Å². The number of benzene rings is 4. The van der Waals surface area contributed by atoms with Crippen LogP contribution in [0.1, 0.15) is 33.2 Å². The molecular weight excluding hydrogens is 462 g/mol. The van der Waals surface area contributed by atoms with Crippen LogP contribution in [0.3, 0.4) is 0 Å². The molecule has 0 aliphatic rings. The van der Waals surface area contributed by atoms with Gasteiger partial charge in [0.05, 0.1) is 29.8 Å². The number of ketones is 1. The van der Waals surface area contributed by atoms with Gasteiger partial charge in [-0.1, -0.05) is 78.0 Å². The maximum Gasteiger partial charge on any atom is 0.255 e. The van der Waals surface area contributed by atoms with Crippen LogP contribution in [0.25, 0.3) is 22.4 Å². The molecule has 7 nitrogen and oxygen atoms in total. The molecule has 4 aromatic carbocycles. The molecule has 5 aromatic rings. The fourth-order valence-corrected chi connectivity index (χ4v) is 4.08. The molecule has 0 saturated carbocycles. The third-order valence-corrected chi connectivity index (χ3v) is 6.16. The van der Waals surface area contributed by atoms with E-state index >= 15 is 0 Å². The van der Waals surface area contributed by atoms with Crippen LogP contribution < -0.4 is 11.1 Å². The molecule has 1 amide bonds. The van der Waals surface area contributed by atoms with E-state index in [-0.39, 0.29) is 11.7 Å². The first kappa shape index (κ1) is 23.7. The van der Waals surface area contributed by atoms with Crippen molar-refractivity contribution in [2.75, 3.05) is 11.1 Å². The summed E-state index contributed by atoms with van der Waals surface area (Å²) in [4.78, 5) is 24.5. The minimum atomic E-state index is -0.240. The molecule has 3 N–H and O–H groups in total. The lowest BCUT2D eigenvalue weighted by atomic mass is 10.0. The van der Waals surface area contributed by atoms with Crippen LogP contribution in [0.2, 0.25) is 0 Å². The molecule has 37 heavy (non-hydrogen) atoms. The van der Waals surface area contributed by atoms with Crippen LogP contribution in [0, 0.1) is 0 Å². The van der Waals surface area contributed by atoms with Gasteiger partial charge < -0.3 is 11.1 Å². The number of nitrogens with zero attached hydrogens (tertiary/aromatic N) is 3. The summed E-state index contributed by atoms with van der Waals surface area (Å²) in [6, 6.07) is 30.2. The summed E-state index contributed by atoms with van der Waals surface area (Å²) in [5.74, 6) is -0.218. The Morgan fingerprint density at radius 3 is 2.19 bits per heavy atom. The van der Waals surface area contributed by atoms with E-state index in [9.17, 15) is 9.59 Å². The van der Waals surface area contributed by atoms with E-state index in [4.69, 9.17) is 5.73 Å². The highest BCUT2D eigenvalue weighted by Crippen LogP contribution is 2.28. The number of nitrogens with two attached hydrogens (primary N) is 1. The molecule has 0 radical (unpaired) electrons. The summed E-state index contributed by atoms with van der Waals surface area (Å²) >= 11 is 0. The SMILES string of the molecule is CC(=O)c1ccc(-c2cnnn2Cc2ccc(C(=O)Nc3cc(-c4ccccc4)ccc3N)cc2)cc1. The molecule has 0 unspecified atom stereocenters. The van der Waals surface area contributed by atoms with E-state index in [1.807, 2.05) is 66.7 Å². The van der Waals surface area contributed by atoms with Gasteiger partial charge in [0.1, 0.15) is 0 Å². The normalized spacial score (nSPS) is 10.7. The minimum Gasteiger partial charge on any atom is -0.397 e. The van der Waals surface area contributed by atoms with E-state index in [0.717, 1.165) is 27.9 Å². The molecule has 5 rings (SSSR count). The van der Waals surface area contributed by atoms with E-state index in [0.29, 0.717) is 29.0 Å². The summed E-state index contributed by atoms with van der Waals surface area (Å²) in [5, 5.41) is 11.2. The Hall–Kier alpha value is -5.04. The van der Waals surface area contributed by atoms with E-state index in [1.54, 1.807) is 48.1 Å². The third-order valence-electron chi connectivity index (χ3n) is 6.16. The molecule has 1 aromatic heterocycles. The molecule has 0 saturated heterocycles. The van der Waals surface area contributed by atoms with Gasteiger partial charge in [0.25, 0.3) is 5.91 Å². The standard InChI is InChI=1S/C30H25N5O2/c1-20(36)22-11-13-24(14-12-22)29-18-32-34-35(29)19-21-7-9-25(10-8-21)30(37)33-28-17-26(15-16-27(28)31)23-5-3-2-4-6-23/h2-18H,19,31H2,1H3,(H,33,37). The second-order valence-electron chi connectivity index (χ2n) is 8.73. The number of aromatic nitrogens is 3. The number of hydrogen-bond acceptors (Lipinski definition) is 5. The molecule has 7 heteroatoms. The number of nitrogen functional groups attached to an aromatic ring is 1. The molecule has 1 heterocycles. The van der Waals surface area contributed by atoms with Crippen LogP contribution in [0.15, 0.2) is 103 Å². The highest BCUT2D eigenvalue weighted by molar-refractivity contribution is 6.06. The maximum absolute atomic E-state index is 12.9. The predicted molar refractivity (Wildman–Crippen MR) is 145 cm³/mol. The monoisotopic (exact) mass is 487 g/mol. The fraction of sp³-hybridized carbons (Fsp3) is 0.0667. The summed E-state index contributed by atoms with van der Waals surface area (Å²) < 4.78 is 1.79. The number of hydrogen-bond donors (Lipinski definition) is 2. The number of anilines is 2. The van der Waals surface area contributed by atoms with Crippen molar-refractivity contribution >= 4 is 23.1 Å². The van der Waals surface area contributed by atoms with Crippen molar-refractivity contribution in [2.45, 2.75) is 13.5 Å². The molecule has 0 atom stereocenters. The number of Topliss-reactive ketones (excluding diaryl/α,β-unsaturated/α-hetero) is 1. The first-order valence-corrected chi connectivity index (χ1v) is 11.8. The Kier molecular flexibility index (Phi) is 6.59. The average Bonchev–Trinajstić information content (AvgIpc) is 3.39. The smallest absolute Gasteiger partial charge is 0.255 e. The van der Waals surface area contributed by atoms with E-state index < -0.39 is 0 Å². The number of rotatable bonds is 7. The van der Waals surface area contributed by atoms with Gasteiger partial charge in [0.2, 0.25) is 0 Å². The van der Waals surface area contributed by atoms with Crippen LogP contribution in [0.5, 0.6) is 0 Å². The summed E-state index contributed by atoms with van der Waals surface area (Å²) in [5.41, 5.74) is 13.1. The lowest BCUT2D eigenvalue weighted by molar-refractivity contribution is 0.101. The molecule has 0 aliphatic heterocycles. The van der Waals surface area contributed by atoms with Crippen molar-refractivity contribution < 1.29 is 9.59 Å². The third kappa shape index (κ3) is 5.31. The molecule has 182 valence electrons. The molecule has 0 fully saturated rings. The Labute approximate surface area is 214 Å². The predicted octanol–water partition coefficient (Wildman–Crippen LogP) is 5.70. The Bertz CT molecular complexity index is 1560. The number of carbonyl (C=O) groups excluding carboxylic acids is 2. The van der Waals surface area contributed by atoms with Crippen LogP contribution in [0.4, 0.5) is 11.4 Å². The highest BCUT2D eigenvalue weighted by atomic mass is 16.1. The van der Waals surface area contributed by atoms with Crippen molar-refractivity contribution in [2.24, 2.45) is 0 Å². The first-order chi connectivity index (χ1) is 18.0. The summed E-state index contributed by atoms with van der Waals surface area (Å²) in [7, 11) is 0. The Morgan fingerprint density at radius 2 is 1.49 bits per heavy atom. The molecular formula is C30H25N5O2. The van der Waals surface area contributed by atoms with Gasteiger partial charge >= 0.3 is 0 Å². The van der Waals surface area contributed by atoms with Crippen molar-refractivity contribution in [3.05, 3.63) is 120 Å². The van der Waals surface area contributed by atoms with Crippen LogP contribution in [-0.2, 0) is 6.54 Å². The van der Waals surface area contributed by atoms with E-state index in [1.165, 1.54) is 0 Å². The van der Waals surface area contributed by atoms with Crippen LogP contribution >= 0.6 is 0 Å². The van der Waals surface area contributed by atoms with Crippen molar-refractivity contribution in [3.8, 4) is 22.4 Å². The number of amides is 1. The van der Waals surface area contributed by atoms with Crippen molar-refractivity contribution in [1.82, 2.24) is 15.0 Å². The molecule has 0 spiro atoms. The lowest BCUT2D eigenvalue weighted by Crippen LogP contribution is -2.13. The van der Waals surface area contributed by atoms with Gasteiger partial charge in [-0.2, -0.15) is 0 Å². The van der Waals surface area contributed by atoms with Gasteiger partial charge in [-0.15, -0.1) is 5.10 Å². The zero-order valence-electron chi connectivity index (χ0n) is 20.3. The van der Waals surface area contributed by atoms with Gasteiger partial charge in [0, 0.05) is 16.7 Å². The number of carbonyl (C=O) groups is 2. The first-order valence-electron chi connectivity index (χ1n) is 11.8. The molecule has 0 bridgehead atoms. The van der Waals surface area contributed by atoms with Gasteiger partial charge in [-0.05, 0) is 47.9 Å². The van der Waals surface area contributed by atoms with Crippen LogP contribution in [-0.4, -0.2) is 26.7 Å². The van der Waals surface area contributed by atoms with Crippen molar-refractivity contribution in [1.29, 1.82) is 0 Å². The second kappa shape index (κ2) is 10.3.